The molecule has 0 radical (unpaired) electrons. The molecule has 2 rings (SSSR count). The van der Waals surface area contributed by atoms with Gasteiger partial charge in [-0.2, -0.15) is 0 Å². The van der Waals surface area contributed by atoms with Crippen LogP contribution in [0, 0.1) is 0 Å². The number of benzene rings is 1. The molecule has 1 aliphatic carbocycles. The summed E-state index contributed by atoms with van der Waals surface area (Å²) in [5.41, 5.74) is 6.87. The van der Waals surface area contributed by atoms with Gasteiger partial charge in [-0.1, -0.05) is 31.5 Å². The van der Waals surface area contributed by atoms with Crippen molar-refractivity contribution in [3.8, 4) is 0 Å². The van der Waals surface area contributed by atoms with Gasteiger partial charge in [-0.05, 0) is 24.5 Å². The molecule has 94 valence electrons. The zero-order valence-corrected chi connectivity index (χ0v) is 10.2. The van der Waals surface area contributed by atoms with Crippen LogP contribution in [0.25, 0.3) is 0 Å². The fourth-order valence-electron chi connectivity index (χ4n) is 2.49. The summed E-state index contributed by atoms with van der Waals surface area (Å²) in [6, 6.07) is 6.82. The second-order valence-electron chi connectivity index (χ2n) is 4.98. The van der Waals surface area contributed by atoms with Crippen LogP contribution in [0.2, 0.25) is 0 Å². The molecule has 0 aliphatic heterocycles. The fraction of sp³-hybridized carbons (Fsp3) is 0.571. The number of hydrogen-bond acceptors (Lipinski definition) is 1. The van der Waals surface area contributed by atoms with Gasteiger partial charge in [0.25, 0.3) is 5.92 Å². The van der Waals surface area contributed by atoms with Crippen LogP contribution in [0.15, 0.2) is 24.3 Å². The van der Waals surface area contributed by atoms with Crippen molar-refractivity contribution in [3.05, 3.63) is 35.4 Å². The van der Waals surface area contributed by atoms with E-state index in [1.807, 2.05) is 6.07 Å². The van der Waals surface area contributed by atoms with Crippen LogP contribution in [-0.4, -0.2) is 6.54 Å². The highest BCUT2D eigenvalue weighted by Gasteiger charge is 2.38. The Morgan fingerprint density at radius 2 is 2.06 bits per heavy atom. The van der Waals surface area contributed by atoms with Crippen LogP contribution in [0.4, 0.5) is 8.78 Å². The summed E-state index contributed by atoms with van der Waals surface area (Å²) >= 11 is 0. The molecule has 0 bridgehead atoms. The lowest BCUT2D eigenvalue weighted by molar-refractivity contribution is -0.00849. The Bertz CT molecular complexity index is 391. The normalized spacial score (nSPS) is 18.8. The highest BCUT2D eigenvalue weighted by molar-refractivity contribution is 5.34. The number of alkyl halides is 2. The van der Waals surface area contributed by atoms with E-state index >= 15 is 0 Å². The first-order valence-electron chi connectivity index (χ1n) is 6.23. The Balaban J connectivity index is 2.35. The van der Waals surface area contributed by atoms with Crippen LogP contribution in [-0.2, 0) is 11.3 Å². The summed E-state index contributed by atoms with van der Waals surface area (Å²) in [6.45, 7) is 2.06. The summed E-state index contributed by atoms with van der Waals surface area (Å²) in [5, 5.41) is 0. The first kappa shape index (κ1) is 12.5. The fourth-order valence-corrected chi connectivity index (χ4v) is 2.49. The van der Waals surface area contributed by atoms with E-state index in [0.29, 0.717) is 6.54 Å². The van der Waals surface area contributed by atoms with Crippen molar-refractivity contribution in [2.45, 2.75) is 43.9 Å². The van der Waals surface area contributed by atoms with E-state index in [-0.39, 0.29) is 17.4 Å². The zero-order valence-electron chi connectivity index (χ0n) is 10.2. The maximum atomic E-state index is 13.6. The van der Waals surface area contributed by atoms with Crippen molar-refractivity contribution >= 4 is 0 Å². The number of halogens is 2. The molecule has 1 fully saturated rings. The molecule has 1 aromatic rings. The van der Waals surface area contributed by atoms with E-state index in [4.69, 9.17) is 5.73 Å². The average Bonchev–Trinajstić information content (AvgIpc) is 2.29. The van der Waals surface area contributed by atoms with Crippen molar-refractivity contribution in [2.75, 3.05) is 6.54 Å². The first-order valence-corrected chi connectivity index (χ1v) is 6.23. The molecule has 0 saturated heterocycles. The topological polar surface area (TPSA) is 26.0 Å². The van der Waals surface area contributed by atoms with Gasteiger partial charge in [0.05, 0.1) is 0 Å². The first-order chi connectivity index (χ1) is 8.04. The number of hydrogen-bond donors (Lipinski definition) is 1. The zero-order chi connectivity index (χ0) is 12.5. The minimum atomic E-state index is -2.73. The van der Waals surface area contributed by atoms with E-state index in [0.717, 1.165) is 24.8 Å². The lowest BCUT2D eigenvalue weighted by Crippen LogP contribution is -2.41. The Morgan fingerprint density at radius 3 is 2.53 bits per heavy atom. The molecule has 1 aliphatic rings. The Labute approximate surface area is 101 Å². The Morgan fingerprint density at radius 1 is 1.35 bits per heavy atom. The van der Waals surface area contributed by atoms with E-state index in [1.165, 1.54) is 13.0 Å². The third-order valence-electron chi connectivity index (χ3n) is 4.04. The molecule has 0 atom stereocenters. The van der Waals surface area contributed by atoms with Gasteiger partial charge in [0, 0.05) is 23.9 Å². The van der Waals surface area contributed by atoms with Crippen molar-refractivity contribution in [1.82, 2.24) is 0 Å². The second-order valence-corrected chi connectivity index (χ2v) is 4.98. The maximum Gasteiger partial charge on any atom is 0.273 e. The predicted octanol–water partition coefficient (Wildman–Crippen LogP) is 3.57. The van der Waals surface area contributed by atoms with Gasteiger partial charge in [0.1, 0.15) is 0 Å². The standard InChI is InChI=1S/C14H19F2N/c1-2-14(15,16)12-6-3-5-11(9-12)13(10-17)7-4-8-13/h3,5-6,9H,2,4,7-8,10,17H2,1H3. The maximum absolute atomic E-state index is 13.6. The van der Waals surface area contributed by atoms with Crippen LogP contribution >= 0.6 is 0 Å². The molecule has 1 nitrogen and oxygen atoms in total. The van der Waals surface area contributed by atoms with Gasteiger partial charge < -0.3 is 5.73 Å². The summed E-state index contributed by atoms with van der Waals surface area (Å²) < 4.78 is 27.3. The summed E-state index contributed by atoms with van der Waals surface area (Å²) in [6.07, 6.45) is 3.02. The third kappa shape index (κ3) is 2.08. The molecule has 0 heterocycles. The monoisotopic (exact) mass is 239 g/mol. The Hall–Kier alpha value is -0.960. The summed E-state index contributed by atoms with van der Waals surface area (Å²) in [7, 11) is 0. The lowest BCUT2D eigenvalue weighted by atomic mass is 9.64. The van der Waals surface area contributed by atoms with Gasteiger partial charge >= 0.3 is 0 Å². The SMILES string of the molecule is CCC(F)(F)c1cccc(C2(CN)CCC2)c1. The van der Waals surface area contributed by atoms with Gasteiger partial charge in [0.2, 0.25) is 0 Å². The molecular weight excluding hydrogens is 220 g/mol. The molecule has 0 spiro atoms. The van der Waals surface area contributed by atoms with Gasteiger partial charge in [0.15, 0.2) is 0 Å². The van der Waals surface area contributed by atoms with Gasteiger partial charge in [-0.3, -0.25) is 0 Å². The lowest BCUT2D eigenvalue weighted by Gasteiger charge is -2.42. The molecule has 0 unspecified atom stereocenters. The van der Waals surface area contributed by atoms with Crippen molar-refractivity contribution < 1.29 is 8.78 Å². The van der Waals surface area contributed by atoms with Crippen molar-refractivity contribution in [2.24, 2.45) is 5.73 Å². The van der Waals surface area contributed by atoms with Gasteiger partial charge in [-0.15, -0.1) is 0 Å². The molecular formula is C14H19F2N. The quantitative estimate of drug-likeness (QED) is 0.854. The van der Waals surface area contributed by atoms with Crippen molar-refractivity contribution in [1.29, 1.82) is 0 Å². The van der Waals surface area contributed by atoms with Gasteiger partial charge in [-0.25, -0.2) is 8.78 Å². The minimum Gasteiger partial charge on any atom is -0.330 e. The average molecular weight is 239 g/mol. The molecule has 2 N–H and O–H groups in total. The second kappa shape index (κ2) is 4.37. The predicted molar refractivity (Wildman–Crippen MR) is 65.2 cm³/mol. The number of rotatable bonds is 4. The molecule has 0 amide bonds. The summed E-state index contributed by atoms with van der Waals surface area (Å²) in [5.74, 6) is -2.73. The van der Waals surface area contributed by atoms with E-state index in [1.54, 1.807) is 12.1 Å². The van der Waals surface area contributed by atoms with Crippen LogP contribution in [0.1, 0.15) is 43.7 Å². The minimum absolute atomic E-state index is 0.0418. The van der Waals surface area contributed by atoms with Crippen molar-refractivity contribution in [3.63, 3.8) is 0 Å². The van der Waals surface area contributed by atoms with Crippen LogP contribution < -0.4 is 5.73 Å². The van der Waals surface area contributed by atoms with E-state index in [9.17, 15) is 8.78 Å². The molecule has 17 heavy (non-hydrogen) atoms. The highest BCUT2D eigenvalue weighted by Crippen LogP contribution is 2.44. The third-order valence-corrected chi connectivity index (χ3v) is 4.04. The van der Waals surface area contributed by atoms with E-state index < -0.39 is 5.92 Å². The number of nitrogens with two attached hydrogens (primary N) is 1. The van der Waals surface area contributed by atoms with Crippen LogP contribution in [0.3, 0.4) is 0 Å². The molecule has 3 heteroatoms. The highest BCUT2D eigenvalue weighted by atomic mass is 19.3. The largest absolute Gasteiger partial charge is 0.330 e. The molecule has 1 aromatic carbocycles. The molecule has 1 saturated carbocycles. The molecule has 0 aromatic heterocycles. The smallest absolute Gasteiger partial charge is 0.273 e. The Kier molecular flexibility index (Phi) is 3.21. The summed E-state index contributed by atoms with van der Waals surface area (Å²) in [4.78, 5) is 0. The van der Waals surface area contributed by atoms with E-state index in [2.05, 4.69) is 0 Å². The van der Waals surface area contributed by atoms with Crippen LogP contribution in [0.5, 0.6) is 0 Å².